The predicted molar refractivity (Wildman–Crippen MR) is 84.2 cm³/mol. The van der Waals surface area contributed by atoms with Gasteiger partial charge in [0.05, 0.1) is 19.1 Å². The average molecular weight is 372 g/mol. The maximum absolute atomic E-state index is 14.1. The molecular formula is C15H19BrFN3O2. The van der Waals surface area contributed by atoms with Crippen molar-refractivity contribution in [3.05, 3.63) is 22.6 Å². The van der Waals surface area contributed by atoms with E-state index in [2.05, 4.69) is 20.9 Å². The first-order valence-electron chi connectivity index (χ1n) is 7.57. The van der Waals surface area contributed by atoms with Crippen LogP contribution >= 0.6 is 15.9 Å². The van der Waals surface area contributed by atoms with Crippen molar-refractivity contribution in [2.24, 2.45) is 5.92 Å². The Labute approximate surface area is 137 Å². The number of aromatic nitrogens is 1. The zero-order chi connectivity index (χ0) is 15.5. The fourth-order valence-corrected chi connectivity index (χ4v) is 3.36. The van der Waals surface area contributed by atoms with Crippen LogP contribution in [0.15, 0.2) is 16.7 Å². The Bertz CT molecular complexity index is 552. The summed E-state index contributed by atoms with van der Waals surface area (Å²) in [6.07, 6.45) is 3.31. The van der Waals surface area contributed by atoms with Crippen LogP contribution in [0.3, 0.4) is 0 Å². The molecule has 7 heteroatoms. The van der Waals surface area contributed by atoms with Gasteiger partial charge in [-0.05, 0) is 34.8 Å². The van der Waals surface area contributed by atoms with Gasteiger partial charge in [0, 0.05) is 36.8 Å². The molecule has 0 spiro atoms. The number of amides is 1. The molecule has 2 fully saturated rings. The number of piperidine rings is 1. The van der Waals surface area contributed by atoms with Crippen molar-refractivity contribution >= 4 is 27.7 Å². The van der Waals surface area contributed by atoms with E-state index in [0.29, 0.717) is 43.1 Å². The Morgan fingerprint density at radius 3 is 2.86 bits per heavy atom. The fourth-order valence-electron chi connectivity index (χ4n) is 3.05. The van der Waals surface area contributed by atoms with Gasteiger partial charge in [-0.2, -0.15) is 0 Å². The summed E-state index contributed by atoms with van der Waals surface area (Å²) in [6.45, 7) is 3.77. The zero-order valence-electron chi connectivity index (χ0n) is 12.3. The summed E-state index contributed by atoms with van der Waals surface area (Å²) in [5.41, 5.74) is 0. The number of carbonyl (C=O) groups is 1. The Morgan fingerprint density at radius 2 is 2.14 bits per heavy atom. The second kappa shape index (κ2) is 6.91. The quantitative estimate of drug-likeness (QED) is 0.798. The molecule has 1 aromatic heterocycles. The van der Waals surface area contributed by atoms with Gasteiger partial charge in [-0.1, -0.05) is 0 Å². The number of hydrogen-bond donors (Lipinski definition) is 0. The number of morpholine rings is 1. The average Bonchev–Trinajstić information content (AvgIpc) is 2.55. The number of anilines is 1. The van der Waals surface area contributed by atoms with Crippen LogP contribution in [0.4, 0.5) is 10.2 Å². The molecule has 1 atom stereocenters. The number of hydrogen-bond acceptors (Lipinski definition) is 4. The molecule has 120 valence electrons. The van der Waals surface area contributed by atoms with Crippen molar-refractivity contribution in [3.8, 4) is 0 Å². The molecule has 0 bridgehead atoms. The summed E-state index contributed by atoms with van der Waals surface area (Å²) in [4.78, 5) is 20.5. The lowest BCUT2D eigenvalue weighted by Crippen LogP contribution is -2.48. The third-order valence-electron chi connectivity index (χ3n) is 4.18. The second-order valence-corrected chi connectivity index (χ2v) is 6.60. The number of pyridine rings is 1. The first-order valence-corrected chi connectivity index (χ1v) is 8.37. The lowest BCUT2D eigenvalue weighted by Gasteiger charge is -2.36. The lowest BCUT2D eigenvalue weighted by atomic mass is 9.96. The molecule has 22 heavy (non-hydrogen) atoms. The molecular weight excluding hydrogens is 353 g/mol. The summed E-state index contributed by atoms with van der Waals surface area (Å²) in [5.74, 6) is 0.0544. The van der Waals surface area contributed by atoms with E-state index < -0.39 is 0 Å². The molecule has 1 unspecified atom stereocenters. The van der Waals surface area contributed by atoms with E-state index in [4.69, 9.17) is 4.74 Å². The minimum absolute atomic E-state index is 0.0864. The summed E-state index contributed by atoms with van der Waals surface area (Å²) in [6, 6.07) is 1.41. The number of ether oxygens (including phenoxy) is 1. The fraction of sp³-hybridized carbons (Fsp3) is 0.600. The van der Waals surface area contributed by atoms with Crippen LogP contribution in [0.1, 0.15) is 12.8 Å². The summed E-state index contributed by atoms with van der Waals surface area (Å²) in [7, 11) is 0. The number of carbonyl (C=O) groups excluding carboxylic acids is 1. The van der Waals surface area contributed by atoms with Gasteiger partial charge in [0.2, 0.25) is 5.91 Å². The molecule has 2 saturated heterocycles. The van der Waals surface area contributed by atoms with E-state index in [-0.39, 0.29) is 17.6 Å². The van der Waals surface area contributed by atoms with Crippen LogP contribution in [0, 0.1) is 11.7 Å². The molecule has 0 N–H and O–H groups in total. The standard InChI is InChI=1S/C15H19BrFN3O2/c16-12-8-13(17)14(18-9-12)20-3-1-2-11(10-20)15(21)19-4-6-22-7-5-19/h8-9,11H,1-7,10H2. The minimum Gasteiger partial charge on any atom is -0.378 e. The number of nitrogens with zero attached hydrogens (tertiary/aromatic N) is 3. The highest BCUT2D eigenvalue weighted by atomic mass is 79.9. The number of rotatable bonds is 2. The summed E-state index contributed by atoms with van der Waals surface area (Å²) < 4.78 is 20.0. The highest BCUT2D eigenvalue weighted by Gasteiger charge is 2.31. The van der Waals surface area contributed by atoms with Gasteiger partial charge >= 0.3 is 0 Å². The number of halogens is 2. The van der Waals surface area contributed by atoms with E-state index in [1.807, 2.05) is 9.80 Å². The van der Waals surface area contributed by atoms with Gasteiger partial charge in [0.1, 0.15) is 0 Å². The van der Waals surface area contributed by atoms with Crippen molar-refractivity contribution in [2.45, 2.75) is 12.8 Å². The topological polar surface area (TPSA) is 45.7 Å². The Morgan fingerprint density at radius 1 is 1.36 bits per heavy atom. The van der Waals surface area contributed by atoms with E-state index in [0.717, 1.165) is 19.4 Å². The molecule has 5 nitrogen and oxygen atoms in total. The second-order valence-electron chi connectivity index (χ2n) is 5.68. The van der Waals surface area contributed by atoms with Gasteiger partial charge in [-0.3, -0.25) is 4.79 Å². The third-order valence-corrected chi connectivity index (χ3v) is 4.61. The zero-order valence-corrected chi connectivity index (χ0v) is 13.9. The van der Waals surface area contributed by atoms with Crippen LogP contribution in [0.5, 0.6) is 0 Å². The van der Waals surface area contributed by atoms with Crippen molar-refractivity contribution in [3.63, 3.8) is 0 Å². The first kappa shape index (κ1) is 15.7. The molecule has 2 aliphatic rings. The highest BCUT2D eigenvalue weighted by molar-refractivity contribution is 9.10. The van der Waals surface area contributed by atoms with Crippen molar-refractivity contribution in [2.75, 3.05) is 44.3 Å². The minimum atomic E-state index is -0.353. The van der Waals surface area contributed by atoms with Crippen LogP contribution < -0.4 is 4.90 Å². The van der Waals surface area contributed by atoms with E-state index in [1.54, 1.807) is 6.20 Å². The first-order chi connectivity index (χ1) is 10.6. The van der Waals surface area contributed by atoms with E-state index in [9.17, 15) is 9.18 Å². The van der Waals surface area contributed by atoms with E-state index >= 15 is 0 Å². The molecule has 1 aromatic rings. The van der Waals surface area contributed by atoms with Gasteiger partial charge < -0.3 is 14.5 Å². The van der Waals surface area contributed by atoms with E-state index in [1.165, 1.54) is 6.07 Å². The molecule has 0 radical (unpaired) electrons. The summed E-state index contributed by atoms with van der Waals surface area (Å²) in [5, 5.41) is 0. The molecule has 0 aliphatic carbocycles. The van der Waals surface area contributed by atoms with Gasteiger partial charge in [0.15, 0.2) is 11.6 Å². The normalized spacial score (nSPS) is 22.7. The van der Waals surface area contributed by atoms with Crippen molar-refractivity contribution in [1.82, 2.24) is 9.88 Å². The SMILES string of the molecule is O=C(C1CCCN(c2ncc(Br)cc2F)C1)N1CCOCC1. The van der Waals surface area contributed by atoms with Gasteiger partial charge in [-0.15, -0.1) is 0 Å². The highest BCUT2D eigenvalue weighted by Crippen LogP contribution is 2.26. The summed E-state index contributed by atoms with van der Waals surface area (Å²) >= 11 is 3.21. The molecule has 2 aliphatic heterocycles. The van der Waals surface area contributed by atoms with Crippen molar-refractivity contribution < 1.29 is 13.9 Å². The Hall–Kier alpha value is -1.21. The maximum Gasteiger partial charge on any atom is 0.227 e. The Balaban J connectivity index is 1.69. The molecule has 3 heterocycles. The maximum atomic E-state index is 14.1. The molecule has 0 saturated carbocycles. The third kappa shape index (κ3) is 3.41. The smallest absolute Gasteiger partial charge is 0.227 e. The molecule has 0 aromatic carbocycles. The Kier molecular flexibility index (Phi) is 4.93. The monoisotopic (exact) mass is 371 g/mol. The lowest BCUT2D eigenvalue weighted by molar-refractivity contribution is -0.139. The van der Waals surface area contributed by atoms with Crippen LogP contribution in [-0.2, 0) is 9.53 Å². The van der Waals surface area contributed by atoms with Gasteiger partial charge in [-0.25, -0.2) is 9.37 Å². The predicted octanol–water partition coefficient (Wildman–Crippen LogP) is 2.06. The van der Waals surface area contributed by atoms with Crippen LogP contribution in [-0.4, -0.2) is 55.2 Å². The van der Waals surface area contributed by atoms with Crippen molar-refractivity contribution in [1.29, 1.82) is 0 Å². The van der Waals surface area contributed by atoms with Crippen LogP contribution in [0.25, 0.3) is 0 Å². The van der Waals surface area contributed by atoms with Gasteiger partial charge in [0.25, 0.3) is 0 Å². The van der Waals surface area contributed by atoms with Crippen LogP contribution in [0.2, 0.25) is 0 Å². The molecule has 3 rings (SSSR count). The largest absolute Gasteiger partial charge is 0.378 e. The molecule has 1 amide bonds.